The number of hydrogen-bond acceptors (Lipinski definition) is 2. The molecule has 0 spiro atoms. The molecule has 1 fully saturated rings. The first-order chi connectivity index (χ1) is 14.4. The Hall–Kier alpha value is -2.74. The highest BCUT2D eigenvalue weighted by Gasteiger charge is 2.35. The number of ether oxygens (including phenoxy) is 1. The second kappa shape index (κ2) is 9.84. The number of nitriles is 1. The molecule has 3 rings (SSSR count). The standard InChI is InChI=1S/C25H26F3NO/c1-2-3-4-5-18-6-8-19(9-7-18)20-10-13-22(14-11-20)25(27,28)30-23-15-12-21(17-29)24(26)16-23/h2-3,10-16,18-19H,4-9H2,1H3/b3-2-. The van der Waals surface area contributed by atoms with Crippen LogP contribution in [0.3, 0.4) is 0 Å². The summed E-state index contributed by atoms with van der Waals surface area (Å²) < 4.78 is 47.4. The quantitative estimate of drug-likeness (QED) is 0.442. The van der Waals surface area contributed by atoms with E-state index < -0.39 is 11.9 Å². The molecule has 0 aliphatic heterocycles. The highest BCUT2D eigenvalue weighted by Crippen LogP contribution is 2.39. The summed E-state index contributed by atoms with van der Waals surface area (Å²) >= 11 is 0. The van der Waals surface area contributed by atoms with E-state index in [4.69, 9.17) is 10.00 Å². The van der Waals surface area contributed by atoms with Crippen molar-refractivity contribution in [2.75, 3.05) is 0 Å². The summed E-state index contributed by atoms with van der Waals surface area (Å²) in [7, 11) is 0. The largest absolute Gasteiger partial charge is 0.429 e. The van der Waals surface area contributed by atoms with Gasteiger partial charge in [-0.25, -0.2) is 4.39 Å². The molecule has 2 nitrogen and oxygen atoms in total. The van der Waals surface area contributed by atoms with Crippen molar-refractivity contribution in [3.05, 3.63) is 77.1 Å². The van der Waals surface area contributed by atoms with Gasteiger partial charge < -0.3 is 4.74 Å². The molecule has 2 aromatic carbocycles. The van der Waals surface area contributed by atoms with Crippen LogP contribution in [0.5, 0.6) is 5.75 Å². The maximum absolute atomic E-state index is 14.5. The van der Waals surface area contributed by atoms with Crippen LogP contribution in [0.25, 0.3) is 0 Å². The second-order valence-electron chi connectivity index (χ2n) is 7.86. The van der Waals surface area contributed by atoms with Crippen molar-refractivity contribution in [2.24, 2.45) is 5.92 Å². The molecule has 1 saturated carbocycles. The average molecular weight is 413 g/mol. The van der Waals surface area contributed by atoms with E-state index in [2.05, 4.69) is 12.2 Å². The molecule has 0 heterocycles. The van der Waals surface area contributed by atoms with Crippen molar-refractivity contribution >= 4 is 0 Å². The first-order valence-electron chi connectivity index (χ1n) is 10.4. The van der Waals surface area contributed by atoms with E-state index in [-0.39, 0.29) is 16.9 Å². The Morgan fingerprint density at radius 3 is 2.40 bits per heavy atom. The molecule has 0 unspecified atom stereocenters. The molecule has 1 aliphatic rings. The predicted octanol–water partition coefficient (Wildman–Crippen LogP) is 7.46. The second-order valence-corrected chi connectivity index (χ2v) is 7.86. The SMILES string of the molecule is C/C=C\CCC1CCC(c2ccc(C(F)(F)Oc3ccc(C#N)c(F)c3)cc2)CC1. The summed E-state index contributed by atoms with van der Waals surface area (Å²) in [4.78, 5) is 0. The zero-order valence-electron chi connectivity index (χ0n) is 17.1. The lowest BCUT2D eigenvalue weighted by atomic mass is 9.77. The Balaban J connectivity index is 1.61. The Kier molecular flexibility index (Phi) is 7.20. The number of benzene rings is 2. The molecular weight excluding hydrogens is 387 g/mol. The molecule has 0 radical (unpaired) electrons. The Bertz CT molecular complexity index is 907. The lowest BCUT2D eigenvalue weighted by molar-refractivity contribution is -0.185. The number of nitrogens with zero attached hydrogens (tertiary/aromatic N) is 1. The van der Waals surface area contributed by atoms with E-state index in [1.165, 1.54) is 37.5 Å². The van der Waals surface area contributed by atoms with Crippen LogP contribution in [-0.4, -0.2) is 0 Å². The topological polar surface area (TPSA) is 33.0 Å². The fourth-order valence-electron chi connectivity index (χ4n) is 4.09. The van der Waals surface area contributed by atoms with Gasteiger partial charge in [0.25, 0.3) is 0 Å². The summed E-state index contributed by atoms with van der Waals surface area (Å²) in [6, 6.07) is 11.0. The molecule has 0 aromatic heterocycles. The van der Waals surface area contributed by atoms with E-state index in [0.29, 0.717) is 5.92 Å². The van der Waals surface area contributed by atoms with Crippen LogP contribution in [0.1, 0.15) is 68.1 Å². The van der Waals surface area contributed by atoms with Crippen molar-refractivity contribution in [3.8, 4) is 11.8 Å². The summed E-state index contributed by atoms with van der Waals surface area (Å²) in [5.41, 5.74) is 0.577. The van der Waals surface area contributed by atoms with E-state index >= 15 is 0 Å². The van der Waals surface area contributed by atoms with Gasteiger partial charge in [0.15, 0.2) is 0 Å². The van der Waals surface area contributed by atoms with Crippen molar-refractivity contribution < 1.29 is 17.9 Å². The summed E-state index contributed by atoms with van der Waals surface area (Å²) in [6.45, 7) is 2.04. The van der Waals surface area contributed by atoms with Crippen LogP contribution < -0.4 is 4.74 Å². The minimum atomic E-state index is -3.59. The molecule has 2 aromatic rings. The van der Waals surface area contributed by atoms with E-state index in [0.717, 1.165) is 42.9 Å². The van der Waals surface area contributed by atoms with Gasteiger partial charge in [-0.15, -0.1) is 0 Å². The summed E-state index contributed by atoms with van der Waals surface area (Å²) in [6.07, 6.45) is 7.55. The fourth-order valence-corrected chi connectivity index (χ4v) is 4.09. The molecule has 158 valence electrons. The Labute approximate surface area is 176 Å². The van der Waals surface area contributed by atoms with Gasteiger partial charge in [0, 0.05) is 6.07 Å². The third-order valence-corrected chi connectivity index (χ3v) is 5.85. The van der Waals surface area contributed by atoms with E-state index in [1.807, 2.05) is 6.92 Å². The molecule has 0 amide bonds. The maximum Gasteiger partial charge on any atom is 0.426 e. The highest BCUT2D eigenvalue weighted by molar-refractivity contribution is 5.37. The molecular formula is C25H26F3NO. The minimum Gasteiger partial charge on any atom is -0.429 e. The molecule has 0 bridgehead atoms. The van der Waals surface area contributed by atoms with Gasteiger partial charge in [0.1, 0.15) is 17.6 Å². The van der Waals surface area contributed by atoms with Gasteiger partial charge in [0.2, 0.25) is 0 Å². The van der Waals surface area contributed by atoms with Gasteiger partial charge >= 0.3 is 6.11 Å². The van der Waals surface area contributed by atoms with Crippen LogP contribution in [-0.2, 0) is 6.11 Å². The normalized spacial score (nSPS) is 19.6. The van der Waals surface area contributed by atoms with Crippen molar-refractivity contribution in [1.29, 1.82) is 5.26 Å². The first kappa shape index (κ1) is 22.0. The highest BCUT2D eigenvalue weighted by atomic mass is 19.3. The molecule has 30 heavy (non-hydrogen) atoms. The van der Waals surface area contributed by atoms with Crippen molar-refractivity contribution in [1.82, 2.24) is 0 Å². The Morgan fingerprint density at radius 1 is 1.10 bits per heavy atom. The van der Waals surface area contributed by atoms with Gasteiger partial charge in [0.05, 0.1) is 11.1 Å². The molecule has 0 saturated heterocycles. The maximum atomic E-state index is 14.5. The molecule has 0 atom stereocenters. The van der Waals surface area contributed by atoms with Gasteiger partial charge in [-0.3, -0.25) is 0 Å². The number of alkyl halides is 2. The van der Waals surface area contributed by atoms with Crippen molar-refractivity contribution in [2.45, 2.75) is 57.5 Å². The van der Waals surface area contributed by atoms with Crippen molar-refractivity contribution in [3.63, 3.8) is 0 Å². The van der Waals surface area contributed by atoms with Crippen LogP contribution in [0.2, 0.25) is 0 Å². The monoisotopic (exact) mass is 413 g/mol. The van der Waals surface area contributed by atoms with E-state index in [9.17, 15) is 13.2 Å². The average Bonchev–Trinajstić information content (AvgIpc) is 2.74. The van der Waals surface area contributed by atoms with Gasteiger partial charge in [-0.05, 0) is 87.1 Å². The number of allylic oxidation sites excluding steroid dienone is 2. The van der Waals surface area contributed by atoms with Crippen LogP contribution in [0.4, 0.5) is 13.2 Å². The molecule has 1 aliphatic carbocycles. The van der Waals surface area contributed by atoms with Gasteiger partial charge in [-0.2, -0.15) is 14.0 Å². The zero-order valence-corrected chi connectivity index (χ0v) is 17.1. The third kappa shape index (κ3) is 5.44. The lowest BCUT2D eigenvalue weighted by Gasteiger charge is -2.29. The summed E-state index contributed by atoms with van der Waals surface area (Å²) in [5.74, 6) is -0.0549. The first-order valence-corrected chi connectivity index (χ1v) is 10.4. The predicted molar refractivity (Wildman–Crippen MR) is 111 cm³/mol. The van der Waals surface area contributed by atoms with Crippen LogP contribution in [0, 0.1) is 23.1 Å². The molecule has 5 heteroatoms. The van der Waals surface area contributed by atoms with Gasteiger partial charge in [-0.1, -0.05) is 24.3 Å². The fraction of sp³-hybridized carbons (Fsp3) is 0.400. The smallest absolute Gasteiger partial charge is 0.426 e. The summed E-state index contributed by atoms with van der Waals surface area (Å²) in [5, 5.41) is 8.73. The lowest BCUT2D eigenvalue weighted by Crippen LogP contribution is -2.22. The van der Waals surface area contributed by atoms with E-state index in [1.54, 1.807) is 18.2 Å². The zero-order chi connectivity index (χ0) is 21.6. The van der Waals surface area contributed by atoms with Crippen LogP contribution >= 0.6 is 0 Å². The Morgan fingerprint density at radius 2 is 1.80 bits per heavy atom. The van der Waals surface area contributed by atoms with Crippen LogP contribution in [0.15, 0.2) is 54.6 Å². The molecule has 0 N–H and O–H groups in total. The minimum absolute atomic E-state index is 0.216. The number of halogens is 3. The number of rotatable bonds is 7. The number of hydrogen-bond donors (Lipinski definition) is 0. The third-order valence-electron chi connectivity index (χ3n) is 5.85.